The maximum Gasteiger partial charge on any atom is 0.410 e. The highest BCUT2D eigenvalue weighted by Gasteiger charge is 2.39. The van der Waals surface area contributed by atoms with E-state index >= 15 is 0 Å². The molecule has 2 aliphatic heterocycles. The molecule has 9 heteroatoms. The second kappa shape index (κ2) is 9.13. The van der Waals surface area contributed by atoms with Crippen molar-refractivity contribution in [3.63, 3.8) is 0 Å². The standard InChI is InChI=1S/C22H33N5O4/c1-14-7-6-8-16(13-14)15(2)23-18-24-19(28)27(20(29)25-18)17-9-11-26(12-10-17)21(30)31-22(3,4)5/h6-8,13,15,17-18,23H,9-12H2,1-5H3,(H,24,28)(H,25,29). The summed E-state index contributed by atoms with van der Waals surface area (Å²) >= 11 is 0. The fourth-order valence-electron chi connectivity index (χ4n) is 3.85. The first kappa shape index (κ1) is 22.9. The Morgan fingerprint density at radius 2 is 1.77 bits per heavy atom. The quantitative estimate of drug-likeness (QED) is 0.680. The Bertz CT molecular complexity index is 811. The predicted molar refractivity (Wildman–Crippen MR) is 116 cm³/mol. The Hall–Kier alpha value is -2.81. The lowest BCUT2D eigenvalue weighted by molar-refractivity contribution is 0.0173. The zero-order valence-electron chi connectivity index (χ0n) is 18.9. The van der Waals surface area contributed by atoms with Crippen molar-refractivity contribution in [2.45, 2.75) is 71.4 Å². The highest BCUT2D eigenvalue weighted by atomic mass is 16.6. The number of hydrogen-bond acceptors (Lipinski definition) is 5. The number of imide groups is 1. The average Bonchev–Trinajstić information content (AvgIpc) is 2.66. The van der Waals surface area contributed by atoms with Gasteiger partial charge >= 0.3 is 18.2 Å². The van der Waals surface area contributed by atoms with E-state index in [1.807, 2.05) is 52.8 Å². The van der Waals surface area contributed by atoms with Crippen molar-refractivity contribution in [3.8, 4) is 0 Å². The van der Waals surface area contributed by atoms with E-state index in [2.05, 4.69) is 22.0 Å². The number of aryl methyl sites for hydroxylation is 1. The number of carbonyl (C=O) groups is 3. The van der Waals surface area contributed by atoms with Crippen LogP contribution in [0.3, 0.4) is 0 Å². The Labute approximate surface area is 183 Å². The molecule has 2 heterocycles. The van der Waals surface area contributed by atoms with Crippen molar-refractivity contribution in [3.05, 3.63) is 35.4 Å². The normalized spacial score (nSPS) is 19.6. The fraction of sp³-hybridized carbons (Fsp3) is 0.591. The average molecular weight is 432 g/mol. The lowest BCUT2D eigenvalue weighted by atomic mass is 10.0. The predicted octanol–water partition coefficient (Wildman–Crippen LogP) is 3.06. The number of hydrogen-bond donors (Lipinski definition) is 3. The molecule has 1 atom stereocenters. The summed E-state index contributed by atoms with van der Waals surface area (Å²) in [5, 5.41) is 8.86. The van der Waals surface area contributed by atoms with E-state index in [0.717, 1.165) is 11.1 Å². The molecule has 1 aromatic carbocycles. The van der Waals surface area contributed by atoms with E-state index in [1.165, 1.54) is 4.90 Å². The summed E-state index contributed by atoms with van der Waals surface area (Å²) in [4.78, 5) is 40.5. The molecule has 2 aliphatic rings. The van der Waals surface area contributed by atoms with Crippen LogP contribution >= 0.6 is 0 Å². The van der Waals surface area contributed by atoms with Gasteiger partial charge in [-0.05, 0) is 53.0 Å². The Balaban J connectivity index is 1.53. The van der Waals surface area contributed by atoms with Crippen LogP contribution in [0.1, 0.15) is 57.7 Å². The molecule has 3 rings (SSSR count). The van der Waals surface area contributed by atoms with Gasteiger partial charge in [-0.15, -0.1) is 0 Å². The largest absolute Gasteiger partial charge is 0.444 e. The fourth-order valence-corrected chi connectivity index (χ4v) is 3.85. The first-order valence-electron chi connectivity index (χ1n) is 10.7. The van der Waals surface area contributed by atoms with Crippen molar-refractivity contribution < 1.29 is 19.1 Å². The lowest BCUT2D eigenvalue weighted by Crippen LogP contribution is -2.70. The van der Waals surface area contributed by atoms with Gasteiger partial charge in [0.05, 0.1) is 0 Å². The van der Waals surface area contributed by atoms with Crippen LogP contribution in [0, 0.1) is 6.92 Å². The van der Waals surface area contributed by atoms with E-state index in [0.29, 0.717) is 25.9 Å². The monoisotopic (exact) mass is 431 g/mol. The first-order valence-corrected chi connectivity index (χ1v) is 10.7. The summed E-state index contributed by atoms with van der Waals surface area (Å²) < 4.78 is 5.40. The number of nitrogens with one attached hydrogen (secondary N) is 3. The second-order valence-electron chi connectivity index (χ2n) is 9.20. The topological polar surface area (TPSA) is 103 Å². The van der Waals surface area contributed by atoms with Crippen LogP contribution in [0.25, 0.3) is 0 Å². The number of benzene rings is 1. The third-order valence-corrected chi connectivity index (χ3v) is 5.41. The van der Waals surface area contributed by atoms with E-state index in [9.17, 15) is 14.4 Å². The van der Waals surface area contributed by atoms with Crippen LogP contribution in [0.2, 0.25) is 0 Å². The van der Waals surface area contributed by atoms with Gasteiger partial charge in [-0.3, -0.25) is 5.32 Å². The minimum atomic E-state index is -0.659. The zero-order chi connectivity index (χ0) is 22.8. The van der Waals surface area contributed by atoms with Gasteiger partial charge in [0.1, 0.15) is 5.60 Å². The Morgan fingerprint density at radius 1 is 1.16 bits per heavy atom. The van der Waals surface area contributed by atoms with E-state index in [-0.39, 0.29) is 18.2 Å². The molecule has 0 bridgehead atoms. The van der Waals surface area contributed by atoms with Gasteiger partial charge in [0.15, 0.2) is 6.29 Å². The van der Waals surface area contributed by atoms with Gasteiger partial charge in [0.25, 0.3) is 0 Å². The summed E-state index contributed by atoms with van der Waals surface area (Å²) in [5.74, 6) is 0. The number of carbonyl (C=O) groups excluding carboxylic acids is 3. The molecule has 5 amide bonds. The molecule has 2 saturated heterocycles. The summed E-state index contributed by atoms with van der Waals surface area (Å²) in [6.45, 7) is 10.3. The minimum absolute atomic E-state index is 0.0610. The summed E-state index contributed by atoms with van der Waals surface area (Å²) in [7, 11) is 0. The van der Waals surface area contributed by atoms with Gasteiger partial charge in [-0.1, -0.05) is 29.8 Å². The molecule has 1 unspecified atom stereocenters. The molecule has 0 radical (unpaired) electrons. The maximum absolute atomic E-state index is 12.7. The molecule has 2 fully saturated rings. The van der Waals surface area contributed by atoms with E-state index < -0.39 is 24.0 Å². The van der Waals surface area contributed by atoms with Crippen molar-refractivity contribution in [2.24, 2.45) is 0 Å². The number of nitrogens with zero attached hydrogens (tertiary/aromatic N) is 2. The van der Waals surface area contributed by atoms with Gasteiger partial charge < -0.3 is 20.3 Å². The molecular formula is C22H33N5O4. The van der Waals surface area contributed by atoms with E-state index in [4.69, 9.17) is 4.74 Å². The van der Waals surface area contributed by atoms with E-state index in [1.54, 1.807) is 4.90 Å². The SMILES string of the molecule is Cc1cccc(C(C)NC2NC(=O)N(C3CCN(C(=O)OC(C)(C)C)CC3)C(=O)N2)c1. The lowest BCUT2D eigenvalue weighted by Gasteiger charge is -2.41. The summed E-state index contributed by atoms with van der Waals surface area (Å²) in [6, 6.07) is 6.86. The van der Waals surface area contributed by atoms with Gasteiger partial charge in [-0.2, -0.15) is 0 Å². The summed E-state index contributed by atoms with van der Waals surface area (Å²) in [5.41, 5.74) is 1.66. The number of urea groups is 2. The zero-order valence-corrected chi connectivity index (χ0v) is 18.9. The highest BCUT2D eigenvalue weighted by Crippen LogP contribution is 2.21. The van der Waals surface area contributed by atoms with Crippen LogP contribution in [0.15, 0.2) is 24.3 Å². The molecular weight excluding hydrogens is 398 g/mol. The number of ether oxygens (including phenoxy) is 1. The minimum Gasteiger partial charge on any atom is -0.444 e. The van der Waals surface area contributed by atoms with Crippen LogP contribution in [-0.4, -0.2) is 59.0 Å². The first-order chi connectivity index (χ1) is 14.5. The molecule has 3 N–H and O–H groups in total. The van der Waals surface area contributed by atoms with Gasteiger partial charge in [0.2, 0.25) is 0 Å². The number of piperidine rings is 1. The molecule has 9 nitrogen and oxygen atoms in total. The molecule has 170 valence electrons. The highest BCUT2D eigenvalue weighted by molar-refractivity contribution is 5.96. The van der Waals surface area contributed by atoms with Crippen molar-refractivity contribution >= 4 is 18.2 Å². The third-order valence-electron chi connectivity index (χ3n) is 5.41. The summed E-state index contributed by atoms with van der Waals surface area (Å²) in [6.07, 6.45) is -0.00282. The molecule has 1 aromatic rings. The molecule has 0 aromatic heterocycles. The van der Waals surface area contributed by atoms with Gasteiger partial charge in [0, 0.05) is 25.2 Å². The van der Waals surface area contributed by atoms with Gasteiger partial charge in [-0.25, -0.2) is 19.3 Å². The number of likely N-dealkylation sites (tertiary alicyclic amines) is 1. The van der Waals surface area contributed by atoms with Crippen molar-refractivity contribution in [2.75, 3.05) is 13.1 Å². The Kier molecular flexibility index (Phi) is 6.74. The molecule has 31 heavy (non-hydrogen) atoms. The smallest absolute Gasteiger partial charge is 0.410 e. The maximum atomic E-state index is 12.7. The van der Waals surface area contributed by atoms with Crippen molar-refractivity contribution in [1.82, 2.24) is 25.8 Å². The molecule has 0 spiro atoms. The second-order valence-corrected chi connectivity index (χ2v) is 9.20. The van der Waals surface area contributed by atoms with Crippen LogP contribution in [0.5, 0.6) is 0 Å². The van der Waals surface area contributed by atoms with Crippen molar-refractivity contribution in [1.29, 1.82) is 0 Å². The number of rotatable bonds is 4. The van der Waals surface area contributed by atoms with Crippen LogP contribution in [0.4, 0.5) is 14.4 Å². The third kappa shape index (κ3) is 5.88. The Morgan fingerprint density at radius 3 is 2.32 bits per heavy atom. The van der Waals surface area contributed by atoms with Crippen LogP contribution < -0.4 is 16.0 Å². The number of amides is 5. The molecule has 0 saturated carbocycles. The van der Waals surface area contributed by atoms with Crippen LogP contribution in [-0.2, 0) is 4.74 Å². The molecule has 0 aliphatic carbocycles.